The number of carbonyl (C=O) groups excluding carboxylic acids is 1. The molecule has 1 rings (SSSR count). The topological polar surface area (TPSA) is 72.9 Å². The fraction of sp³-hybridized carbons (Fsp3) is 0.500. The first-order chi connectivity index (χ1) is 10.3. The van der Waals surface area contributed by atoms with E-state index < -0.39 is 9.84 Å². The van der Waals surface area contributed by atoms with Crippen molar-refractivity contribution in [2.75, 3.05) is 46.8 Å². The van der Waals surface area contributed by atoms with Crippen LogP contribution in [-0.2, 0) is 19.3 Å². The van der Waals surface area contributed by atoms with Crippen LogP contribution < -0.4 is 0 Å². The Hall–Kier alpha value is -1.15. The number of ether oxygens (including phenoxy) is 2. The van der Waals surface area contributed by atoms with Crippen molar-refractivity contribution in [1.82, 2.24) is 4.90 Å². The van der Waals surface area contributed by atoms with Gasteiger partial charge in [0.1, 0.15) is 0 Å². The third-order valence-electron chi connectivity index (χ3n) is 3.00. The monoisotopic (exact) mass is 349 g/mol. The molecule has 0 radical (unpaired) electrons. The second kappa shape index (κ2) is 8.47. The number of carbonyl (C=O) groups is 1. The van der Waals surface area contributed by atoms with E-state index in [1.165, 1.54) is 18.2 Å². The molecule has 0 saturated carbocycles. The van der Waals surface area contributed by atoms with E-state index in [1.54, 1.807) is 19.1 Å². The molecule has 6 nitrogen and oxygen atoms in total. The van der Waals surface area contributed by atoms with Gasteiger partial charge in [0.2, 0.25) is 0 Å². The van der Waals surface area contributed by atoms with Gasteiger partial charge in [-0.05, 0) is 18.2 Å². The summed E-state index contributed by atoms with van der Waals surface area (Å²) in [6.07, 6.45) is 1.05. The minimum Gasteiger partial charge on any atom is -0.383 e. The van der Waals surface area contributed by atoms with Crippen LogP contribution in [0, 0.1) is 0 Å². The van der Waals surface area contributed by atoms with E-state index in [0.29, 0.717) is 26.3 Å². The summed E-state index contributed by atoms with van der Waals surface area (Å²) >= 11 is 5.89. The highest BCUT2D eigenvalue weighted by atomic mass is 35.5. The number of rotatable bonds is 8. The van der Waals surface area contributed by atoms with E-state index >= 15 is 0 Å². The van der Waals surface area contributed by atoms with Crippen molar-refractivity contribution in [2.24, 2.45) is 0 Å². The van der Waals surface area contributed by atoms with Crippen molar-refractivity contribution in [2.45, 2.75) is 4.90 Å². The first-order valence-corrected chi connectivity index (χ1v) is 8.85. The average Bonchev–Trinajstić information content (AvgIpc) is 2.46. The summed E-state index contributed by atoms with van der Waals surface area (Å²) in [6.45, 7) is 1.52. The molecule has 0 unspecified atom stereocenters. The average molecular weight is 350 g/mol. The Morgan fingerprint density at radius 1 is 1.18 bits per heavy atom. The molecule has 0 aromatic heterocycles. The molecule has 124 valence electrons. The summed E-state index contributed by atoms with van der Waals surface area (Å²) in [7, 11) is -0.412. The smallest absolute Gasteiger partial charge is 0.254 e. The zero-order valence-electron chi connectivity index (χ0n) is 12.8. The lowest BCUT2D eigenvalue weighted by Gasteiger charge is -2.22. The quantitative estimate of drug-likeness (QED) is 0.710. The first-order valence-electron chi connectivity index (χ1n) is 6.58. The lowest BCUT2D eigenvalue weighted by atomic mass is 10.2. The van der Waals surface area contributed by atoms with Gasteiger partial charge in [0.25, 0.3) is 5.91 Å². The largest absolute Gasteiger partial charge is 0.383 e. The lowest BCUT2D eigenvalue weighted by Crippen LogP contribution is -2.36. The number of hydrogen-bond donors (Lipinski definition) is 0. The Labute approximate surface area is 135 Å². The van der Waals surface area contributed by atoms with Gasteiger partial charge in [-0.3, -0.25) is 4.79 Å². The van der Waals surface area contributed by atoms with Gasteiger partial charge in [-0.15, -0.1) is 0 Å². The number of hydrogen-bond acceptors (Lipinski definition) is 5. The summed E-state index contributed by atoms with van der Waals surface area (Å²) in [5.74, 6) is -0.296. The maximum absolute atomic E-state index is 12.5. The van der Waals surface area contributed by atoms with Crippen LogP contribution in [0.3, 0.4) is 0 Å². The Morgan fingerprint density at radius 2 is 1.73 bits per heavy atom. The Bertz CT molecular complexity index is 610. The van der Waals surface area contributed by atoms with Crippen molar-refractivity contribution in [1.29, 1.82) is 0 Å². The zero-order valence-corrected chi connectivity index (χ0v) is 14.4. The van der Waals surface area contributed by atoms with E-state index in [-0.39, 0.29) is 21.4 Å². The summed E-state index contributed by atoms with van der Waals surface area (Å²) < 4.78 is 33.4. The SMILES string of the molecule is COCCN(CCOC)C(=O)c1ccc(Cl)c(S(C)(=O)=O)c1. The molecular formula is C14H20ClNO5S. The van der Waals surface area contributed by atoms with Gasteiger partial charge in [-0.25, -0.2) is 8.42 Å². The molecule has 0 heterocycles. The van der Waals surface area contributed by atoms with Gasteiger partial charge in [0, 0.05) is 39.1 Å². The van der Waals surface area contributed by atoms with Crippen LogP contribution in [0.4, 0.5) is 0 Å². The fourth-order valence-corrected chi connectivity index (χ4v) is 3.12. The maximum atomic E-state index is 12.5. The number of nitrogens with zero attached hydrogens (tertiary/aromatic N) is 1. The summed E-state index contributed by atoms with van der Waals surface area (Å²) in [6, 6.07) is 4.22. The number of amides is 1. The summed E-state index contributed by atoms with van der Waals surface area (Å²) in [4.78, 5) is 14.0. The predicted molar refractivity (Wildman–Crippen MR) is 84.2 cm³/mol. The van der Waals surface area contributed by atoms with Gasteiger partial charge < -0.3 is 14.4 Å². The molecule has 22 heavy (non-hydrogen) atoms. The van der Waals surface area contributed by atoms with Crippen molar-refractivity contribution in [3.05, 3.63) is 28.8 Å². The normalized spacial score (nSPS) is 11.5. The third-order valence-corrected chi connectivity index (χ3v) is 4.57. The molecule has 1 aromatic rings. The Kier molecular flexibility index (Phi) is 7.28. The van der Waals surface area contributed by atoms with E-state index in [2.05, 4.69) is 0 Å². The van der Waals surface area contributed by atoms with Gasteiger partial charge in [0.15, 0.2) is 9.84 Å². The molecule has 1 aromatic carbocycles. The van der Waals surface area contributed by atoms with E-state index in [1.807, 2.05) is 0 Å². The van der Waals surface area contributed by atoms with Gasteiger partial charge in [-0.1, -0.05) is 11.6 Å². The van der Waals surface area contributed by atoms with Gasteiger partial charge in [-0.2, -0.15) is 0 Å². The fourth-order valence-electron chi connectivity index (χ4n) is 1.82. The van der Waals surface area contributed by atoms with Gasteiger partial charge in [0.05, 0.1) is 23.1 Å². The molecule has 1 amide bonds. The van der Waals surface area contributed by atoms with Crippen LogP contribution in [0.25, 0.3) is 0 Å². The minimum absolute atomic E-state index is 0.0570. The molecule has 0 aliphatic rings. The number of benzene rings is 1. The maximum Gasteiger partial charge on any atom is 0.254 e. The Morgan fingerprint density at radius 3 is 2.18 bits per heavy atom. The molecular weight excluding hydrogens is 330 g/mol. The molecule has 0 saturated heterocycles. The van der Waals surface area contributed by atoms with Gasteiger partial charge >= 0.3 is 0 Å². The first kappa shape index (κ1) is 18.9. The highest BCUT2D eigenvalue weighted by Crippen LogP contribution is 2.23. The second-order valence-electron chi connectivity index (χ2n) is 4.70. The molecule has 0 bridgehead atoms. The second-order valence-corrected chi connectivity index (χ2v) is 7.09. The molecule has 0 N–H and O–H groups in total. The molecule has 0 atom stereocenters. The van der Waals surface area contributed by atoms with Crippen molar-refractivity contribution in [3.8, 4) is 0 Å². The van der Waals surface area contributed by atoms with E-state index in [0.717, 1.165) is 6.26 Å². The molecule has 8 heteroatoms. The highest BCUT2D eigenvalue weighted by molar-refractivity contribution is 7.90. The van der Waals surface area contributed by atoms with E-state index in [4.69, 9.17) is 21.1 Å². The lowest BCUT2D eigenvalue weighted by molar-refractivity contribution is 0.0627. The summed E-state index contributed by atoms with van der Waals surface area (Å²) in [5, 5.41) is 0.0967. The Balaban J connectivity index is 3.07. The summed E-state index contributed by atoms with van der Waals surface area (Å²) in [5.41, 5.74) is 0.261. The minimum atomic E-state index is -3.50. The third kappa shape index (κ3) is 5.24. The van der Waals surface area contributed by atoms with Crippen LogP contribution in [0.2, 0.25) is 5.02 Å². The molecule has 0 spiro atoms. The number of methoxy groups -OCH3 is 2. The standard InChI is InChI=1S/C14H20ClNO5S/c1-20-8-6-16(7-9-21-2)14(17)11-4-5-12(15)13(10-11)22(3,18)19/h4-5,10H,6-9H2,1-3H3. The molecule has 0 aliphatic heterocycles. The van der Waals surface area contributed by atoms with Crippen molar-refractivity contribution in [3.63, 3.8) is 0 Å². The number of sulfone groups is 1. The van der Waals surface area contributed by atoms with Crippen LogP contribution in [0.5, 0.6) is 0 Å². The van der Waals surface area contributed by atoms with Crippen molar-refractivity contribution >= 4 is 27.3 Å². The predicted octanol–water partition coefficient (Wildman–Crippen LogP) is 1.48. The van der Waals surface area contributed by atoms with Crippen LogP contribution >= 0.6 is 11.6 Å². The number of halogens is 1. The highest BCUT2D eigenvalue weighted by Gasteiger charge is 2.19. The van der Waals surface area contributed by atoms with Crippen LogP contribution in [0.15, 0.2) is 23.1 Å². The zero-order chi connectivity index (χ0) is 16.8. The van der Waals surface area contributed by atoms with Crippen molar-refractivity contribution < 1.29 is 22.7 Å². The molecule has 0 fully saturated rings. The molecule has 0 aliphatic carbocycles. The van der Waals surface area contributed by atoms with E-state index in [9.17, 15) is 13.2 Å². The van der Waals surface area contributed by atoms with Crippen LogP contribution in [0.1, 0.15) is 10.4 Å². The van der Waals surface area contributed by atoms with Crippen LogP contribution in [-0.4, -0.2) is 66.0 Å².